The molecule has 2 aromatic rings. The molecule has 0 aliphatic carbocycles. The zero-order valence-electron chi connectivity index (χ0n) is 22.5. The lowest BCUT2D eigenvalue weighted by Gasteiger charge is -2.40. The number of quaternary nitrogens is 1. The zero-order chi connectivity index (χ0) is 28.8. The molecule has 5 rings (SSSR count). The summed E-state index contributed by atoms with van der Waals surface area (Å²) in [5.41, 5.74) is -1.44. The van der Waals surface area contributed by atoms with Crippen LogP contribution in [-0.2, 0) is 16.2 Å². The van der Waals surface area contributed by atoms with Gasteiger partial charge in [0, 0.05) is 30.8 Å². The van der Waals surface area contributed by atoms with E-state index in [0.29, 0.717) is 39.4 Å². The van der Waals surface area contributed by atoms with Crippen LogP contribution in [0.2, 0.25) is 0 Å². The number of hydrogen-bond acceptors (Lipinski definition) is 11. The van der Waals surface area contributed by atoms with Crippen molar-refractivity contribution in [1.82, 2.24) is 0 Å². The molecule has 0 spiro atoms. The van der Waals surface area contributed by atoms with E-state index < -0.39 is 48.8 Å². The average Bonchev–Trinajstić information content (AvgIpc) is 3.52. The van der Waals surface area contributed by atoms with Crippen molar-refractivity contribution >= 4 is 16.7 Å². The Morgan fingerprint density at radius 2 is 2.02 bits per heavy atom. The normalized spacial score (nSPS) is 26.5. The van der Waals surface area contributed by atoms with E-state index in [9.17, 15) is 30.3 Å². The third kappa shape index (κ3) is 5.24. The molecule has 0 amide bonds. The van der Waals surface area contributed by atoms with Gasteiger partial charge in [0.15, 0.2) is 17.1 Å². The van der Waals surface area contributed by atoms with Crippen LogP contribution in [0.1, 0.15) is 25.2 Å². The van der Waals surface area contributed by atoms with Crippen molar-refractivity contribution in [3.8, 4) is 5.75 Å². The predicted octanol–water partition coefficient (Wildman–Crippen LogP) is -1.31. The largest absolute Gasteiger partial charge is 0.485 e. The van der Waals surface area contributed by atoms with Gasteiger partial charge in [-0.2, -0.15) is 0 Å². The van der Waals surface area contributed by atoms with Gasteiger partial charge in [0.2, 0.25) is 0 Å². The Morgan fingerprint density at radius 1 is 1.25 bits per heavy atom. The highest BCUT2D eigenvalue weighted by Crippen LogP contribution is 2.37. The van der Waals surface area contributed by atoms with Crippen molar-refractivity contribution in [2.45, 2.75) is 68.9 Å². The smallest absolute Gasteiger partial charge is 0.192 e. The van der Waals surface area contributed by atoms with Gasteiger partial charge < -0.3 is 34.7 Å². The van der Waals surface area contributed by atoms with Crippen LogP contribution in [0.25, 0.3) is 11.0 Å². The molecular formula is C28H35N2O10+. The molecule has 3 aliphatic rings. The van der Waals surface area contributed by atoms with Crippen LogP contribution in [0.5, 0.6) is 5.75 Å². The number of aryl methyl sites for hydroxylation is 1. The lowest BCUT2D eigenvalue weighted by Crippen LogP contribution is -3.13. The van der Waals surface area contributed by atoms with Gasteiger partial charge in [-0.1, -0.05) is 0 Å². The number of aliphatic hydroxyl groups excluding tert-OH is 4. The van der Waals surface area contributed by atoms with Gasteiger partial charge in [-0.25, -0.2) is 9.78 Å². The molecule has 40 heavy (non-hydrogen) atoms. The highest BCUT2D eigenvalue weighted by molar-refractivity contribution is 6.02. The molecule has 12 heteroatoms. The third-order valence-corrected chi connectivity index (χ3v) is 7.81. The number of rotatable bonds is 10. The minimum atomic E-state index is -2.28. The quantitative estimate of drug-likeness (QED) is 0.151. The van der Waals surface area contributed by atoms with Crippen LogP contribution in [0, 0.1) is 6.92 Å². The summed E-state index contributed by atoms with van der Waals surface area (Å²) in [5, 5.41) is 53.1. The monoisotopic (exact) mass is 559 g/mol. The van der Waals surface area contributed by atoms with E-state index in [-0.39, 0.29) is 18.0 Å². The number of nitrogens with zero attached hydrogens (tertiary/aromatic N) is 1. The zero-order valence-corrected chi connectivity index (χ0v) is 22.5. The molecule has 0 bridgehead atoms. The Hall–Kier alpha value is -2.94. The van der Waals surface area contributed by atoms with Gasteiger partial charge in [0.25, 0.3) is 0 Å². The average molecular weight is 560 g/mol. The molecule has 0 radical (unpaired) electrons. The summed E-state index contributed by atoms with van der Waals surface area (Å²) in [6.07, 6.45) is 1.30. The standard InChI is InChI=1S/C28H34N2O10/c1-15-8-20(32)17-9-16-10-25(27(2,3)39-22(16)11-23(17)38-15)40-37-13-24(34)28(36,26(35)21(33)12-31)14-30-7-5-18-19(30)4-6-29-18/h4-9,11,19,21,24-26,31,33-36H,10,12-14H2,1-3H3/p+1. The van der Waals surface area contributed by atoms with Crippen molar-refractivity contribution in [2.75, 3.05) is 19.8 Å². The van der Waals surface area contributed by atoms with Gasteiger partial charge in [0.1, 0.15) is 66.0 Å². The first-order chi connectivity index (χ1) is 18.9. The Morgan fingerprint density at radius 3 is 2.77 bits per heavy atom. The molecule has 3 aliphatic heterocycles. The first-order valence-corrected chi connectivity index (χ1v) is 13.1. The molecule has 0 saturated carbocycles. The van der Waals surface area contributed by atoms with E-state index >= 15 is 0 Å². The fourth-order valence-corrected chi connectivity index (χ4v) is 5.38. The summed E-state index contributed by atoms with van der Waals surface area (Å²) in [6.45, 7) is 3.68. The second kappa shape index (κ2) is 10.8. The fraction of sp³-hybridized carbons (Fsp3) is 0.500. The van der Waals surface area contributed by atoms with E-state index in [0.717, 1.165) is 5.71 Å². The highest BCUT2D eigenvalue weighted by atomic mass is 17.2. The van der Waals surface area contributed by atoms with Crippen LogP contribution in [0.4, 0.5) is 0 Å². The van der Waals surface area contributed by atoms with E-state index in [2.05, 4.69) is 4.99 Å². The molecule has 4 heterocycles. The van der Waals surface area contributed by atoms with Crippen LogP contribution >= 0.6 is 0 Å². The Labute approximate surface area is 230 Å². The summed E-state index contributed by atoms with van der Waals surface area (Å²) in [5.74, 6) is 1.04. The molecule has 1 aromatic carbocycles. The number of benzene rings is 1. The fourth-order valence-electron chi connectivity index (χ4n) is 5.38. The van der Waals surface area contributed by atoms with E-state index in [1.165, 1.54) is 6.07 Å². The molecular weight excluding hydrogens is 524 g/mol. The van der Waals surface area contributed by atoms with Crippen LogP contribution < -0.4 is 15.1 Å². The molecule has 7 atom stereocenters. The highest BCUT2D eigenvalue weighted by Gasteiger charge is 2.51. The predicted molar refractivity (Wildman–Crippen MR) is 142 cm³/mol. The van der Waals surface area contributed by atoms with Crippen molar-refractivity contribution in [1.29, 1.82) is 0 Å². The Bertz CT molecular complexity index is 1420. The van der Waals surface area contributed by atoms with Crippen LogP contribution in [0.15, 0.2) is 57.0 Å². The molecule has 216 valence electrons. The maximum Gasteiger partial charge on any atom is 0.192 e. The summed E-state index contributed by atoms with van der Waals surface area (Å²) in [7, 11) is 0. The first kappa shape index (κ1) is 28.6. The van der Waals surface area contributed by atoms with Crippen molar-refractivity contribution in [3.63, 3.8) is 0 Å². The van der Waals surface area contributed by atoms with Crippen molar-refractivity contribution < 1.29 is 49.4 Å². The SMILES string of the molecule is Cc1cc(=O)c2cc3c(cc2o1)OC(C)(C)C(OOCC(O)C(O)(C[NH+]1C=CC2=NC=CC21)C(O)C(O)CO)C3. The van der Waals surface area contributed by atoms with Crippen molar-refractivity contribution in [3.05, 3.63) is 64.3 Å². The summed E-state index contributed by atoms with van der Waals surface area (Å²) in [4.78, 5) is 28.4. The van der Waals surface area contributed by atoms with Gasteiger partial charge in [-0.05, 0) is 38.5 Å². The van der Waals surface area contributed by atoms with Gasteiger partial charge in [-0.15, -0.1) is 0 Å². The lowest BCUT2D eigenvalue weighted by molar-refractivity contribution is -0.861. The molecule has 12 nitrogen and oxygen atoms in total. The van der Waals surface area contributed by atoms with Crippen LogP contribution in [0.3, 0.4) is 0 Å². The van der Waals surface area contributed by atoms with E-state index in [4.69, 9.17) is 18.9 Å². The molecule has 0 saturated heterocycles. The third-order valence-electron chi connectivity index (χ3n) is 7.81. The maximum absolute atomic E-state index is 12.5. The Kier molecular flexibility index (Phi) is 7.72. The topological polar surface area (TPSA) is 176 Å². The molecule has 1 aromatic heterocycles. The number of hydrogen-bond donors (Lipinski definition) is 6. The van der Waals surface area contributed by atoms with Gasteiger partial charge >= 0.3 is 0 Å². The summed E-state index contributed by atoms with van der Waals surface area (Å²) < 4.78 is 11.8. The van der Waals surface area contributed by atoms with Crippen LogP contribution in [-0.4, -0.2) is 92.7 Å². The second-order valence-corrected chi connectivity index (χ2v) is 11.1. The number of nitrogens with one attached hydrogen (secondary N) is 1. The second-order valence-electron chi connectivity index (χ2n) is 11.1. The number of fused-ring (bicyclic) bond motifs is 3. The minimum Gasteiger partial charge on any atom is -0.485 e. The number of aliphatic imine (C=N–C) groups is 1. The number of ether oxygens (including phenoxy) is 1. The summed E-state index contributed by atoms with van der Waals surface area (Å²) in [6, 6.07) is 4.58. The molecule has 6 N–H and O–H groups in total. The Balaban J connectivity index is 1.29. The summed E-state index contributed by atoms with van der Waals surface area (Å²) >= 11 is 0. The maximum atomic E-state index is 12.5. The van der Waals surface area contributed by atoms with E-state index in [1.54, 1.807) is 51.4 Å². The van der Waals surface area contributed by atoms with Gasteiger partial charge in [-0.3, -0.25) is 14.7 Å². The number of aliphatic hydroxyl groups is 5. The van der Waals surface area contributed by atoms with Crippen molar-refractivity contribution in [2.24, 2.45) is 4.99 Å². The first-order valence-electron chi connectivity index (χ1n) is 13.1. The lowest BCUT2D eigenvalue weighted by atomic mass is 9.86. The van der Waals surface area contributed by atoms with E-state index in [1.807, 2.05) is 6.08 Å². The minimum absolute atomic E-state index is 0.174. The van der Waals surface area contributed by atoms with Gasteiger partial charge in [0.05, 0.1) is 18.2 Å². The molecule has 0 fully saturated rings. The molecule has 7 unspecified atom stereocenters.